The van der Waals surface area contributed by atoms with Crippen molar-refractivity contribution in [3.05, 3.63) is 194 Å². The fourth-order valence-corrected chi connectivity index (χ4v) is 8.88. The zero-order chi connectivity index (χ0) is 36.7. The summed E-state index contributed by atoms with van der Waals surface area (Å²) in [6.45, 7) is 0. The molecular weight excluding hydrogens is 681 g/mol. The lowest BCUT2D eigenvalue weighted by Crippen LogP contribution is -1.87. The highest BCUT2D eigenvalue weighted by Gasteiger charge is 2.15. The van der Waals surface area contributed by atoms with Crippen LogP contribution < -0.4 is 0 Å². The molecule has 12 aromatic rings. The van der Waals surface area contributed by atoms with Gasteiger partial charge in [-0.3, -0.25) is 0 Å². The lowest BCUT2D eigenvalue weighted by molar-refractivity contribution is 0.664. The quantitative estimate of drug-likeness (QED) is 0.170. The predicted molar refractivity (Wildman–Crippen MR) is 235 cm³/mol. The Morgan fingerprint density at radius 3 is 1.14 bits per heavy atom. The molecule has 0 aliphatic carbocycles. The summed E-state index contributed by atoms with van der Waals surface area (Å²) in [4.78, 5) is 0. The smallest absolute Gasteiger partial charge is 0.136 e. The Labute approximate surface area is 322 Å². The number of hydrogen-bond donors (Lipinski definition) is 0. The first kappa shape index (κ1) is 31.0. The largest absolute Gasteiger partial charge is 0.456 e. The average molecular weight is 713 g/mol. The first-order valence-corrected chi connectivity index (χ1v) is 19.1. The number of hydrogen-bond acceptors (Lipinski definition) is 2. The maximum atomic E-state index is 6.37. The monoisotopic (exact) mass is 712 g/mol. The van der Waals surface area contributed by atoms with Crippen molar-refractivity contribution in [2.24, 2.45) is 0 Å². The fraction of sp³-hybridized carbons (Fsp3) is 0. The molecule has 0 N–H and O–H groups in total. The van der Waals surface area contributed by atoms with Gasteiger partial charge < -0.3 is 8.83 Å². The molecule has 0 aliphatic heterocycles. The van der Waals surface area contributed by atoms with Crippen LogP contribution in [-0.2, 0) is 0 Å². The van der Waals surface area contributed by atoms with Crippen LogP contribution in [0.2, 0.25) is 0 Å². The van der Waals surface area contributed by atoms with Crippen LogP contribution in [0.5, 0.6) is 0 Å². The summed E-state index contributed by atoms with van der Waals surface area (Å²) in [5, 5.41) is 12.0. The summed E-state index contributed by atoms with van der Waals surface area (Å²) in [7, 11) is 0. The van der Waals surface area contributed by atoms with Gasteiger partial charge in [-0.1, -0.05) is 140 Å². The molecule has 10 aromatic carbocycles. The van der Waals surface area contributed by atoms with Crippen molar-refractivity contribution in [1.82, 2.24) is 0 Å². The maximum absolute atomic E-state index is 6.37. The highest BCUT2D eigenvalue weighted by molar-refractivity contribution is 6.26. The fourth-order valence-electron chi connectivity index (χ4n) is 8.88. The van der Waals surface area contributed by atoms with Crippen molar-refractivity contribution in [1.29, 1.82) is 0 Å². The van der Waals surface area contributed by atoms with E-state index in [1.807, 2.05) is 18.2 Å². The minimum atomic E-state index is 0.869. The number of fused-ring (bicyclic) bond motifs is 12. The minimum absolute atomic E-state index is 0.869. The second-order valence-corrected chi connectivity index (χ2v) is 14.8. The number of rotatable bonds is 4. The third-order valence-electron chi connectivity index (χ3n) is 11.6. The predicted octanol–water partition coefficient (Wildman–Crippen LogP) is 15.6. The van der Waals surface area contributed by atoms with E-state index in [0.717, 1.165) is 55.0 Å². The third kappa shape index (κ3) is 4.83. The molecule has 260 valence electrons. The molecule has 0 saturated carbocycles. The van der Waals surface area contributed by atoms with Gasteiger partial charge in [-0.25, -0.2) is 0 Å². The number of furan rings is 2. The summed E-state index contributed by atoms with van der Waals surface area (Å²) in [6, 6.07) is 70.0. The molecule has 0 unspecified atom stereocenters. The van der Waals surface area contributed by atoms with Gasteiger partial charge in [0.05, 0.1) is 0 Å². The zero-order valence-corrected chi connectivity index (χ0v) is 30.3. The van der Waals surface area contributed by atoms with Gasteiger partial charge in [0.2, 0.25) is 0 Å². The molecule has 0 atom stereocenters. The molecule has 0 radical (unpaired) electrons. The van der Waals surface area contributed by atoms with Gasteiger partial charge in [0, 0.05) is 21.5 Å². The van der Waals surface area contributed by atoms with Gasteiger partial charge in [0.1, 0.15) is 22.3 Å². The van der Waals surface area contributed by atoms with E-state index < -0.39 is 0 Å². The summed E-state index contributed by atoms with van der Waals surface area (Å²) >= 11 is 0. The molecule has 12 rings (SSSR count). The highest BCUT2D eigenvalue weighted by Crippen LogP contribution is 2.41. The molecule has 56 heavy (non-hydrogen) atoms. The number of para-hydroxylation sites is 1. The maximum Gasteiger partial charge on any atom is 0.136 e. The molecule has 2 nitrogen and oxygen atoms in total. The van der Waals surface area contributed by atoms with Crippen LogP contribution in [0.1, 0.15) is 0 Å². The molecule has 0 saturated heterocycles. The lowest BCUT2D eigenvalue weighted by atomic mass is 9.90. The van der Waals surface area contributed by atoms with E-state index in [0.29, 0.717) is 0 Å². The van der Waals surface area contributed by atoms with Crippen molar-refractivity contribution < 1.29 is 8.83 Å². The van der Waals surface area contributed by atoms with Gasteiger partial charge in [0.15, 0.2) is 0 Å². The molecule has 2 aromatic heterocycles. The molecule has 2 heterocycles. The minimum Gasteiger partial charge on any atom is -0.456 e. The van der Waals surface area contributed by atoms with Crippen molar-refractivity contribution in [2.45, 2.75) is 0 Å². The van der Waals surface area contributed by atoms with Crippen LogP contribution in [0.3, 0.4) is 0 Å². The molecule has 0 spiro atoms. The van der Waals surface area contributed by atoms with Gasteiger partial charge in [-0.05, 0) is 131 Å². The SMILES string of the molecule is c1ccc(-c2ccc3c4ccc(-c5cccc(-c6cccc(-c7ccc8oc9cc%10c(cc9c8c7)oc7ccccc7%10)c6)c5)cc4c4ccccc4c3c2)cc1. The van der Waals surface area contributed by atoms with E-state index in [1.165, 1.54) is 65.7 Å². The first-order valence-electron chi connectivity index (χ1n) is 19.1. The summed E-state index contributed by atoms with van der Waals surface area (Å²) < 4.78 is 12.6. The Morgan fingerprint density at radius 1 is 0.179 bits per heavy atom. The second kappa shape index (κ2) is 12.0. The van der Waals surface area contributed by atoms with Crippen molar-refractivity contribution >= 4 is 76.2 Å². The Morgan fingerprint density at radius 2 is 0.554 bits per heavy atom. The lowest BCUT2D eigenvalue weighted by Gasteiger charge is -2.14. The van der Waals surface area contributed by atoms with Crippen LogP contribution >= 0.6 is 0 Å². The van der Waals surface area contributed by atoms with E-state index in [4.69, 9.17) is 8.83 Å². The van der Waals surface area contributed by atoms with Crippen LogP contribution in [0.15, 0.2) is 203 Å². The van der Waals surface area contributed by atoms with E-state index in [1.54, 1.807) is 0 Å². The Bertz CT molecular complexity index is 3510. The van der Waals surface area contributed by atoms with Gasteiger partial charge >= 0.3 is 0 Å². The standard InChI is InChI=1S/C54H32O2/c1-2-10-33(11-3-1)38-20-23-43-44-24-21-39(29-47(44)42-17-5-4-16-41(42)46(43)28-38)36-14-8-12-34(26-36)35-13-9-15-37(27-35)40-22-25-52-48(30-40)50-32-53-49(31-54(50)56-52)45-18-6-7-19-51(45)55-53/h1-32H. The first-order chi connectivity index (χ1) is 27.7. The molecule has 0 aliphatic rings. The third-order valence-corrected chi connectivity index (χ3v) is 11.6. The van der Waals surface area contributed by atoms with E-state index in [9.17, 15) is 0 Å². The highest BCUT2D eigenvalue weighted by atomic mass is 16.3. The van der Waals surface area contributed by atoms with Gasteiger partial charge in [-0.15, -0.1) is 0 Å². The number of benzene rings is 10. The van der Waals surface area contributed by atoms with Crippen LogP contribution in [-0.4, -0.2) is 0 Å². The molecule has 0 bridgehead atoms. The second-order valence-electron chi connectivity index (χ2n) is 14.8. The topological polar surface area (TPSA) is 26.3 Å². The van der Waals surface area contributed by atoms with E-state index >= 15 is 0 Å². The zero-order valence-electron chi connectivity index (χ0n) is 30.3. The summed E-state index contributed by atoms with van der Waals surface area (Å²) in [5.41, 5.74) is 13.0. The molecule has 2 heteroatoms. The average Bonchev–Trinajstić information content (AvgIpc) is 3.82. The van der Waals surface area contributed by atoms with Crippen molar-refractivity contribution in [2.75, 3.05) is 0 Å². The molecule has 0 amide bonds. The Kier molecular flexibility index (Phi) is 6.66. The van der Waals surface area contributed by atoms with Crippen LogP contribution in [0.4, 0.5) is 0 Å². The van der Waals surface area contributed by atoms with Crippen molar-refractivity contribution in [3.8, 4) is 44.5 Å². The Balaban J connectivity index is 0.927. The van der Waals surface area contributed by atoms with Crippen LogP contribution in [0.25, 0.3) is 121 Å². The Hall–Kier alpha value is -7.42. The van der Waals surface area contributed by atoms with E-state index in [2.05, 4.69) is 176 Å². The van der Waals surface area contributed by atoms with Gasteiger partial charge in [0.25, 0.3) is 0 Å². The van der Waals surface area contributed by atoms with Gasteiger partial charge in [-0.2, -0.15) is 0 Å². The molecular formula is C54H32O2. The normalized spacial score (nSPS) is 11.9. The van der Waals surface area contributed by atoms with Crippen LogP contribution in [0, 0.1) is 0 Å². The molecule has 0 fully saturated rings. The summed E-state index contributed by atoms with van der Waals surface area (Å²) in [5.74, 6) is 0. The van der Waals surface area contributed by atoms with E-state index in [-0.39, 0.29) is 0 Å². The summed E-state index contributed by atoms with van der Waals surface area (Å²) in [6.07, 6.45) is 0. The van der Waals surface area contributed by atoms with Crippen molar-refractivity contribution in [3.63, 3.8) is 0 Å².